The highest BCUT2D eigenvalue weighted by Crippen LogP contribution is 2.19. The van der Waals surface area contributed by atoms with Crippen LogP contribution in [0.4, 0.5) is 4.79 Å². The number of carbonyl (C=O) groups is 3. The van der Waals surface area contributed by atoms with Crippen LogP contribution in [0.25, 0.3) is 11.1 Å². The number of alkyl carbamates (subject to hydrolysis) is 1. The average molecular weight is 412 g/mol. The molecule has 0 heterocycles. The van der Waals surface area contributed by atoms with Crippen molar-refractivity contribution in [1.82, 2.24) is 16.0 Å². The third-order valence-electron chi connectivity index (χ3n) is 4.01. The zero-order valence-electron chi connectivity index (χ0n) is 17.7. The van der Waals surface area contributed by atoms with Gasteiger partial charge in [0.25, 0.3) is 5.91 Å². The minimum atomic E-state index is -0.636. The predicted octanol–water partition coefficient (Wildman–Crippen LogP) is 3.11. The molecular formula is C23H29N3O4. The molecule has 0 fully saturated rings. The summed E-state index contributed by atoms with van der Waals surface area (Å²) in [6.45, 7) is 5.91. The Labute approximate surface area is 177 Å². The molecule has 30 heavy (non-hydrogen) atoms. The molecule has 0 aliphatic heterocycles. The lowest BCUT2D eigenvalue weighted by molar-refractivity contribution is -0.120. The summed E-state index contributed by atoms with van der Waals surface area (Å²) < 4.78 is 5.05. The van der Waals surface area contributed by atoms with Crippen LogP contribution in [0.5, 0.6) is 0 Å². The van der Waals surface area contributed by atoms with Crippen LogP contribution >= 0.6 is 0 Å². The van der Waals surface area contributed by atoms with E-state index in [2.05, 4.69) is 16.0 Å². The van der Waals surface area contributed by atoms with Crippen molar-refractivity contribution in [1.29, 1.82) is 0 Å². The van der Waals surface area contributed by atoms with Gasteiger partial charge in [0.2, 0.25) is 5.91 Å². The molecule has 7 nitrogen and oxygen atoms in total. The van der Waals surface area contributed by atoms with Crippen LogP contribution < -0.4 is 16.0 Å². The van der Waals surface area contributed by atoms with E-state index in [-0.39, 0.29) is 18.4 Å². The Morgan fingerprint density at radius 2 is 1.40 bits per heavy atom. The highest BCUT2D eigenvalue weighted by atomic mass is 16.6. The summed E-state index contributed by atoms with van der Waals surface area (Å²) in [5, 5.41) is 7.90. The number of ether oxygens (including phenoxy) is 1. The summed E-state index contributed by atoms with van der Waals surface area (Å²) in [6, 6.07) is 17.4. The maximum absolute atomic E-state index is 12.2. The van der Waals surface area contributed by atoms with Crippen molar-refractivity contribution in [2.24, 2.45) is 0 Å². The first kappa shape index (κ1) is 22.9. The second-order valence-electron chi connectivity index (χ2n) is 7.76. The van der Waals surface area contributed by atoms with Gasteiger partial charge in [0.15, 0.2) is 0 Å². The molecule has 0 saturated carbocycles. The van der Waals surface area contributed by atoms with Crippen molar-refractivity contribution < 1.29 is 19.1 Å². The zero-order chi connectivity index (χ0) is 22.0. The Hall–Kier alpha value is -3.35. The van der Waals surface area contributed by atoms with Crippen LogP contribution in [0.3, 0.4) is 0 Å². The first-order chi connectivity index (χ1) is 14.2. The van der Waals surface area contributed by atoms with E-state index >= 15 is 0 Å². The van der Waals surface area contributed by atoms with Crippen molar-refractivity contribution in [3.63, 3.8) is 0 Å². The van der Waals surface area contributed by atoms with Crippen LogP contribution in [-0.4, -0.2) is 43.1 Å². The van der Waals surface area contributed by atoms with Gasteiger partial charge in [-0.1, -0.05) is 42.5 Å². The standard InChI is InChI=1S/C23H29N3O4/c1-23(2,3)30-22(29)26-16-20(27)24-14-7-15-25-21(28)19-12-10-18(11-13-19)17-8-5-4-6-9-17/h4-6,8-13H,7,14-16H2,1-3H3,(H,24,27)(H,25,28)(H,26,29). The first-order valence-electron chi connectivity index (χ1n) is 9.92. The molecule has 0 aromatic heterocycles. The smallest absolute Gasteiger partial charge is 0.408 e. The third-order valence-corrected chi connectivity index (χ3v) is 4.01. The average Bonchev–Trinajstić information content (AvgIpc) is 2.71. The molecule has 0 radical (unpaired) electrons. The molecule has 0 aliphatic rings. The fourth-order valence-electron chi connectivity index (χ4n) is 2.59. The molecule has 3 amide bonds. The number of benzene rings is 2. The predicted molar refractivity (Wildman–Crippen MR) is 116 cm³/mol. The lowest BCUT2D eigenvalue weighted by Crippen LogP contribution is -2.40. The van der Waals surface area contributed by atoms with E-state index in [1.165, 1.54) is 0 Å². The van der Waals surface area contributed by atoms with Gasteiger partial charge in [-0.25, -0.2) is 4.79 Å². The van der Waals surface area contributed by atoms with Gasteiger partial charge in [0.05, 0.1) is 6.54 Å². The second-order valence-corrected chi connectivity index (χ2v) is 7.76. The van der Waals surface area contributed by atoms with E-state index in [0.29, 0.717) is 25.1 Å². The fraction of sp³-hybridized carbons (Fsp3) is 0.348. The van der Waals surface area contributed by atoms with Crippen LogP contribution in [-0.2, 0) is 9.53 Å². The largest absolute Gasteiger partial charge is 0.444 e. The van der Waals surface area contributed by atoms with Crippen LogP contribution in [0.15, 0.2) is 54.6 Å². The molecule has 0 bridgehead atoms. The maximum atomic E-state index is 12.2. The molecule has 0 saturated heterocycles. The zero-order valence-corrected chi connectivity index (χ0v) is 17.7. The molecule has 2 rings (SSSR count). The number of amides is 3. The van der Waals surface area contributed by atoms with E-state index < -0.39 is 11.7 Å². The number of hydrogen-bond acceptors (Lipinski definition) is 4. The Balaban J connectivity index is 1.63. The molecule has 7 heteroatoms. The van der Waals surface area contributed by atoms with E-state index in [0.717, 1.165) is 11.1 Å². The van der Waals surface area contributed by atoms with Crippen LogP contribution in [0.1, 0.15) is 37.6 Å². The Kier molecular flexibility index (Phi) is 8.41. The van der Waals surface area contributed by atoms with Crippen molar-refractivity contribution in [3.05, 3.63) is 60.2 Å². The van der Waals surface area contributed by atoms with Gasteiger partial charge in [-0.05, 0) is 50.5 Å². The molecule has 2 aromatic rings. The summed E-state index contributed by atoms with van der Waals surface area (Å²) in [4.78, 5) is 35.4. The van der Waals surface area contributed by atoms with Crippen molar-refractivity contribution >= 4 is 17.9 Å². The summed E-state index contributed by atoms with van der Waals surface area (Å²) >= 11 is 0. The fourth-order valence-corrected chi connectivity index (χ4v) is 2.59. The van der Waals surface area contributed by atoms with Gasteiger partial charge in [-0.2, -0.15) is 0 Å². The topological polar surface area (TPSA) is 96.5 Å². The van der Waals surface area contributed by atoms with E-state index in [1.54, 1.807) is 32.9 Å². The molecule has 3 N–H and O–H groups in total. The molecule has 0 aliphatic carbocycles. The molecule has 2 aromatic carbocycles. The Bertz CT molecular complexity index is 843. The molecule has 0 unspecified atom stereocenters. The summed E-state index contributed by atoms with van der Waals surface area (Å²) in [7, 11) is 0. The SMILES string of the molecule is CC(C)(C)OC(=O)NCC(=O)NCCCNC(=O)c1ccc(-c2ccccc2)cc1. The monoisotopic (exact) mass is 411 g/mol. The number of nitrogens with one attached hydrogen (secondary N) is 3. The van der Waals surface area contributed by atoms with E-state index in [1.807, 2.05) is 42.5 Å². The minimum Gasteiger partial charge on any atom is -0.444 e. The Morgan fingerprint density at radius 1 is 0.800 bits per heavy atom. The summed E-state index contributed by atoms with van der Waals surface area (Å²) in [5.74, 6) is -0.476. The lowest BCUT2D eigenvalue weighted by atomic mass is 10.0. The molecule has 0 spiro atoms. The molecular weight excluding hydrogens is 382 g/mol. The van der Waals surface area contributed by atoms with Crippen molar-refractivity contribution in [2.45, 2.75) is 32.8 Å². The van der Waals surface area contributed by atoms with E-state index in [4.69, 9.17) is 4.74 Å². The van der Waals surface area contributed by atoms with Gasteiger partial charge >= 0.3 is 6.09 Å². The second kappa shape index (κ2) is 11.0. The van der Waals surface area contributed by atoms with E-state index in [9.17, 15) is 14.4 Å². The third kappa shape index (κ3) is 8.34. The van der Waals surface area contributed by atoms with Gasteiger partial charge in [0.1, 0.15) is 5.60 Å². The van der Waals surface area contributed by atoms with Gasteiger partial charge in [0, 0.05) is 18.7 Å². The summed E-state index contributed by atoms with van der Waals surface area (Å²) in [5.41, 5.74) is 2.12. The molecule has 0 atom stereocenters. The Morgan fingerprint density at radius 3 is 2.03 bits per heavy atom. The lowest BCUT2D eigenvalue weighted by Gasteiger charge is -2.19. The maximum Gasteiger partial charge on any atom is 0.408 e. The van der Waals surface area contributed by atoms with Crippen LogP contribution in [0, 0.1) is 0 Å². The minimum absolute atomic E-state index is 0.158. The normalized spacial score (nSPS) is 10.8. The highest BCUT2D eigenvalue weighted by Gasteiger charge is 2.16. The summed E-state index contributed by atoms with van der Waals surface area (Å²) in [6.07, 6.45) is -0.0605. The molecule has 160 valence electrons. The van der Waals surface area contributed by atoms with Crippen LogP contribution in [0.2, 0.25) is 0 Å². The van der Waals surface area contributed by atoms with Gasteiger partial charge < -0.3 is 20.7 Å². The number of hydrogen-bond donors (Lipinski definition) is 3. The van der Waals surface area contributed by atoms with Gasteiger partial charge in [-0.3, -0.25) is 9.59 Å². The number of carbonyl (C=O) groups excluding carboxylic acids is 3. The first-order valence-corrected chi connectivity index (χ1v) is 9.92. The quantitative estimate of drug-likeness (QED) is 0.582. The van der Waals surface area contributed by atoms with Crippen molar-refractivity contribution in [2.75, 3.05) is 19.6 Å². The number of rotatable bonds is 8. The van der Waals surface area contributed by atoms with Gasteiger partial charge in [-0.15, -0.1) is 0 Å². The highest BCUT2D eigenvalue weighted by molar-refractivity contribution is 5.94. The van der Waals surface area contributed by atoms with Crippen molar-refractivity contribution in [3.8, 4) is 11.1 Å².